The summed E-state index contributed by atoms with van der Waals surface area (Å²) in [7, 11) is 0. The number of hydrogen-bond acceptors (Lipinski definition) is 5. The van der Waals surface area contributed by atoms with Crippen molar-refractivity contribution in [1.82, 2.24) is 5.32 Å². The molecule has 1 aromatic rings. The van der Waals surface area contributed by atoms with Gasteiger partial charge in [-0.2, -0.15) is 0 Å². The number of benzene rings is 1. The van der Waals surface area contributed by atoms with Crippen molar-refractivity contribution in [3.05, 3.63) is 29.8 Å². The molecule has 2 N–H and O–H groups in total. The van der Waals surface area contributed by atoms with Crippen molar-refractivity contribution in [2.75, 3.05) is 18.0 Å². The van der Waals surface area contributed by atoms with Crippen molar-refractivity contribution < 1.29 is 29.0 Å². The van der Waals surface area contributed by atoms with Crippen LogP contribution in [0.25, 0.3) is 0 Å². The van der Waals surface area contributed by atoms with Crippen molar-refractivity contribution in [2.24, 2.45) is 0 Å². The van der Waals surface area contributed by atoms with Crippen molar-refractivity contribution in [3.8, 4) is 0 Å². The van der Waals surface area contributed by atoms with E-state index in [2.05, 4.69) is 5.32 Å². The Labute approximate surface area is 165 Å². The van der Waals surface area contributed by atoms with E-state index in [1.54, 1.807) is 65.8 Å². The number of carbonyl (C=O) groups is 3. The molecule has 0 heterocycles. The molecule has 0 aliphatic heterocycles. The van der Waals surface area contributed by atoms with E-state index in [9.17, 15) is 14.4 Å². The van der Waals surface area contributed by atoms with Crippen molar-refractivity contribution in [3.63, 3.8) is 0 Å². The first-order valence-corrected chi connectivity index (χ1v) is 9.05. The van der Waals surface area contributed by atoms with Crippen LogP contribution in [0.15, 0.2) is 24.3 Å². The van der Waals surface area contributed by atoms with Gasteiger partial charge in [-0.15, -0.1) is 0 Å². The minimum atomic E-state index is -0.932. The summed E-state index contributed by atoms with van der Waals surface area (Å²) in [5.74, 6) is -0.932. The molecule has 0 aromatic heterocycles. The molecule has 8 heteroatoms. The molecule has 0 fully saturated rings. The molecule has 0 aliphatic carbocycles. The third-order valence-electron chi connectivity index (χ3n) is 3.22. The summed E-state index contributed by atoms with van der Waals surface area (Å²) in [6.07, 6.45) is -1.25. The van der Waals surface area contributed by atoms with Gasteiger partial charge >= 0.3 is 18.2 Å². The van der Waals surface area contributed by atoms with Crippen LogP contribution in [-0.2, 0) is 20.7 Å². The number of carboxylic acids is 1. The first kappa shape index (κ1) is 23.3. The number of hydrogen-bond donors (Lipinski definition) is 2. The lowest BCUT2D eigenvalue weighted by molar-refractivity contribution is -0.136. The second kappa shape index (κ2) is 9.43. The summed E-state index contributed by atoms with van der Waals surface area (Å²) in [6.45, 7) is 10.9. The van der Waals surface area contributed by atoms with Gasteiger partial charge in [0, 0.05) is 18.8 Å². The van der Waals surface area contributed by atoms with Gasteiger partial charge < -0.3 is 19.9 Å². The molecule has 8 nitrogen and oxygen atoms in total. The molecule has 0 radical (unpaired) electrons. The second-order valence-corrected chi connectivity index (χ2v) is 8.30. The molecule has 0 spiro atoms. The average molecular weight is 394 g/mol. The predicted molar refractivity (Wildman–Crippen MR) is 106 cm³/mol. The average Bonchev–Trinajstić information content (AvgIpc) is 2.48. The topological polar surface area (TPSA) is 105 Å². The van der Waals surface area contributed by atoms with Crippen LogP contribution in [0.1, 0.15) is 47.1 Å². The van der Waals surface area contributed by atoms with Crippen LogP contribution in [0, 0.1) is 0 Å². The number of amides is 2. The van der Waals surface area contributed by atoms with Crippen LogP contribution in [0.2, 0.25) is 0 Å². The highest BCUT2D eigenvalue weighted by molar-refractivity contribution is 5.88. The molecule has 0 unspecified atom stereocenters. The summed E-state index contributed by atoms with van der Waals surface area (Å²) in [4.78, 5) is 36.6. The Morgan fingerprint density at radius 3 is 1.96 bits per heavy atom. The molecule has 0 saturated heterocycles. The zero-order valence-corrected chi connectivity index (χ0v) is 17.4. The number of aliphatic carboxylic acids is 1. The number of anilines is 1. The van der Waals surface area contributed by atoms with E-state index >= 15 is 0 Å². The molecule has 1 aromatic carbocycles. The fraction of sp³-hybridized carbons (Fsp3) is 0.550. The van der Waals surface area contributed by atoms with E-state index in [0.29, 0.717) is 11.3 Å². The summed E-state index contributed by atoms with van der Waals surface area (Å²) in [5, 5.41) is 11.5. The summed E-state index contributed by atoms with van der Waals surface area (Å²) >= 11 is 0. The zero-order valence-electron chi connectivity index (χ0n) is 17.4. The zero-order chi connectivity index (χ0) is 21.5. The van der Waals surface area contributed by atoms with Gasteiger partial charge in [0.15, 0.2) is 0 Å². The Hall–Kier alpha value is -2.77. The van der Waals surface area contributed by atoms with E-state index in [0.717, 1.165) is 0 Å². The second-order valence-electron chi connectivity index (χ2n) is 8.30. The van der Waals surface area contributed by atoms with Gasteiger partial charge in [0.25, 0.3) is 0 Å². The van der Waals surface area contributed by atoms with Crippen molar-refractivity contribution in [2.45, 2.75) is 59.2 Å². The predicted octanol–water partition coefficient (Wildman–Crippen LogP) is 3.58. The van der Waals surface area contributed by atoms with Crippen molar-refractivity contribution >= 4 is 23.8 Å². The quantitative estimate of drug-likeness (QED) is 0.764. The van der Waals surface area contributed by atoms with Gasteiger partial charge in [-0.25, -0.2) is 9.59 Å². The van der Waals surface area contributed by atoms with Gasteiger partial charge in [0.2, 0.25) is 0 Å². The molecule has 0 bridgehead atoms. The van der Waals surface area contributed by atoms with E-state index < -0.39 is 29.4 Å². The van der Waals surface area contributed by atoms with Crippen LogP contribution in [0.5, 0.6) is 0 Å². The standard InChI is InChI=1S/C20H30N2O6/c1-19(2,3)27-17(25)21-11-12-22(18(26)28-20(4,5)6)15-9-7-14(8-10-15)13-16(23)24/h7-10H,11-13H2,1-6H3,(H,21,25)(H,23,24). The normalized spacial score (nSPS) is 11.5. The Kier molecular flexibility index (Phi) is 7.84. The molecule has 1 rings (SSSR count). The van der Waals surface area contributed by atoms with E-state index in [4.69, 9.17) is 14.6 Å². The fourth-order valence-electron chi connectivity index (χ4n) is 2.20. The number of carbonyl (C=O) groups excluding carboxylic acids is 2. The smallest absolute Gasteiger partial charge is 0.414 e. The lowest BCUT2D eigenvalue weighted by atomic mass is 10.1. The number of alkyl carbamates (subject to hydrolysis) is 1. The third kappa shape index (κ3) is 9.25. The number of rotatable bonds is 6. The highest BCUT2D eigenvalue weighted by Crippen LogP contribution is 2.19. The molecule has 156 valence electrons. The monoisotopic (exact) mass is 394 g/mol. The Morgan fingerprint density at radius 2 is 1.50 bits per heavy atom. The van der Waals surface area contributed by atoms with Crippen LogP contribution in [0.4, 0.5) is 15.3 Å². The maximum absolute atomic E-state index is 12.6. The number of carboxylic acid groups (broad SMARTS) is 1. The van der Waals surface area contributed by atoms with Gasteiger partial charge in [0.05, 0.1) is 6.42 Å². The van der Waals surface area contributed by atoms with Crippen LogP contribution >= 0.6 is 0 Å². The highest BCUT2D eigenvalue weighted by atomic mass is 16.6. The van der Waals surface area contributed by atoms with Gasteiger partial charge in [0.1, 0.15) is 11.2 Å². The van der Waals surface area contributed by atoms with Gasteiger partial charge in [-0.05, 0) is 59.2 Å². The van der Waals surface area contributed by atoms with E-state index in [1.165, 1.54) is 4.90 Å². The van der Waals surface area contributed by atoms with E-state index in [-0.39, 0.29) is 19.5 Å². The number of nitrogens with zero attached hydrogens (tertiary/aromatic N) is 1. The maximum Gasteiger partial charge on any atom is 0.414 e. The van der Waals surface area contributed by atoms with Gasteiger partial charge in [-0.1, -0.05) is 12.1 Å². The summed E-state index contributed by atoms with van der Waals surface area (Å²) in [6, 6.07) is 6.58. The molecule has 0 aliphatic rings. The maximum atomic E-state index is 12.6. The van der Waals surface area contributed by atoms with Crippen LogP contribution in [0.3, 0.4) is 0 Å². The lowest BCUT2D eigenvalue weighted by Crippen LogP contribution is -2.42. The highest BCUT2D eigenvalue weighted by Gasteiger charge is 2.24. The third-order valence-corrected chi connectivity index (χ3v) is 3.22. The Bertz CT molecular complexity index is 686. The lowest BCUT2D eigenvalue weighted by Gasteiger charge is -2.28. The number of nitrogens with one attached hydrogen (secondary N) is 1. The van der Waals surface area contributed by atoms with Crippen LogP contribution in [-0.4, -0.2) is 47.6 Å². The molecular formula is C20H30N2O6. The first-order chi connectivity index (χ1) is 12.8. The largest absolute Gasteiger partial charge is 0.481 e. The van der Waals surface area contributed by atoms with Crippen molar-refractivity contribution in [1.29, 1.82) is 0 Å². The molecule has 0 atom stereocenters. The Balaban J connectivity index is 2.86. The molecule has 28 heavy (non-hydrogen) atoms. The minimum absolute atomic E-state index is 0.104. The summed E-state index contributed by atoms with van der Waals surface area (Å²) in [5.41, 5.74) is -0.145. The van der Waals surface area contributed by atoms with Gasteiger partial charge in [-0.3, -0.25) is 9.69 Å². The minimum Gasteiger partial charge on any atom is -0.481 e. The number of ether oxygens (including phenoxy) is 2. The Morgan fingerprint density at radius 1 is 0.964 bits per heavy atom. The molecule has 0 saturated carbocycles. The molecular weight excluding hydrogens is 364 g/mol. The SMILES string of the molecule is CC(C)(C)OC(=O)NCCN(C(=O)OC(C)(C)C)c1ccc(CC(=O)O)cc1. The van der Waals surface area contributed by atoms with E-state index in [1.807, 2.05) is 0 Å². The molecule has 2 amide bonds. The van der Waals surface area contributed by atoms with Crippen LogP contribution < -0.4 is 10.2 Å². The fourth-order valence-corrected chi connectivity index (χ4v) is 2.20. The first-order valence-electron chi connectivity index (χ1n) is 9.05. The summed E-state index contributed by atoms with van der Waals surface area (Å²) < 4.78 is 10.6.